The first kappa shape index (κ1) is 20.7. The number of rotatable bonds is 8. The molecule has 0 aromatic carbocycles. The number of nitrogens with zero attached hydrogens (tertiary/aromatic N) is 5. The molecule has 0 aliphatic carbocycles. The molecular weight excluding hydrogens is 398 g/mol. The van der Waals surface area contributed by atoms with Gasteiger partial charge in [0.1, 0.15) is 5.76 Å². The maximum absolute atomic E-state index is 10.7. The number of hydrogen-bond donors (Lipinski definition) is 3. The van der Waals surface area contributed by atoms with Crippen LogP contribution < -0.4 is 0 Å². The average Bonchev–Trinajstić information content (AvgIpc) is 3.42. The zero-order valence-corrected chi connectivity index (χ0v) is 17.5. The van der Waals surface area contributed by atoms with Crippen LogP contribution in [-0.4, -0.2) is 39.8 Å². The van der Waals surface area contributed by atoms with Crippen LogP contribution in [-0.2, 0) is 26.0 Å². The normalized spacial score (nSPS) is 11.3. The van der Waals surface area contributed by atoms with Gasteiger partial charge in [0.15, 0.2) is 5.88 Å². The van der Waals surface area contributed by atoms with E-state index in [0.29, 0.717) is 36.3 Å². The Labute approximate surface area is 179 Å². The summed E-state index contributed by atoms with van der Waals surface area (Å²) in [6, 6.07) is 7.13. The van der Waals surface area contributed by atoms with E-state index < -0.39 is 0 Å². The van der Waals surface area contributed by atoms with Crippen LogP contribution in [0.15, 0.2) is 41.2 Å². The van der Waals surface area contributed by atoms with Crippen LogP contribution in [0.4, 0.5) is 0 Å². The fraction of sp³-hybridized carbons (Fsp3) is 0.318. The van der Waals surface area contributed by atoms with Crippen molar-refractivity contribution in [3.8, 4) is 17.4 Å². The minimum absolute atomic E-state index is 0.00791. The van der Waals surface area contributed by atoms with E-state index in [1.807, 2.05) is 26.0 Å². The van der Waals surface area contributed by atoms with E-state index in [2.05, 4.69) is 15.2 Å². The maximum atomic E-state index is 10.7. The van der Waals surface area contributed by atoms with Gasteiger partial charge in [-0.2, -0.15) is 5.10 Å². The minimum Gasteiger partial charge on any atom is -0.494 e. The molecule has 4 aromatic heterocycles. The SMILES string of the molecule is Cc1noc(C)c1Cn1cc(-n2c(O)cc(CCCc3cccc(CO)n3)c2O)cn1. The Kier molecular flexibility index (Phi) is 5.77. The van der Waals surface area contributed by atoms with Crippen LogP contribution in [0.25, 0.3) is 5.69 Å². The zero-order chi connectivity index (χ0) is 22.0. The molecule has 4 aromatic rings. The highest BCUT2D eigenvalue weighted by Crippen LogP contribution is 2.32. The van der Waals surface area contributed by atoms with Crippen LogP contribution in [0.1, 0.15) is 40.4 Å². The smallest absolute Gasteiger partial charge is 0.202 e. The molecule has 0 fully saturated rings. The Balaban J connectivity index is 1.46. The lowest BCUT2D eigenvalue weighted by atomic mass is 10.1. The highest BCUT2D eigenvalue weighted by atomic mass is 16.5. The Bertz CT molecular complexity index is 1170. The van der Waals surface area contributed by atoms with Crippen molar-refractivity contribution >= 4 is 0 Å². The second-order valence-corrected chi connectivity index (χ2v) is 7.52. The summed E-state index contributed by atoms with van der Waals surface area (Å²) in [4.78, 5) is 4.37. The molecule has 0 radical (unpaired) electrons. The molecule has 4 rings (SSSR count). The molecule has 0 saturated heterocycles. The van der Waals surface area contributed by atoms with Gasteiger partial charge in [-0.25, -0.2) is 4.57 Å². The summed E-state index contributed by atoms with van der Waals surface area (Å²) in [5.74, 6) is 0.679. The second-order valence-electron chi connectivity index (χ2n) is 7.52. The van der Waals surface area contributed by atoms with E-state index >= 15 is 0 Å². The topological polar surface area (TPSA) is 122 Å². The largest absolute Gasteiger partial charge is 0.494 e. The molecule has 9 nitrogen and oxygen atoms in total. The number of aliphatic hydroxyl groups is 1. The summed E-state index contributed by atoms with van der Waals surface area (Å²) in [5, 5.41) is 38.6. The van der Waals surface area contributed by atoms with Gasteiger partial charge in [0, 0.05) is 29.1 Å². The van der Waals surface area contributed by atoms with Crippen LogP contribution in [0.2, 0.25) is 0 Å². The third kappa shape index (κ3) is 4.31. The number of aryl methyl sites for hydroxylation is 4. The molecule has 9 heteroatoms. The molecule has 0 aliphatic heterocycles. The lowest BCUT2D eigenvalue weighted by Gasteiger charge is -2.05. The summed E-state index contributed by atoms with van der Waals surface area (Å²) < 4.78 is 8.27. The van der Waals surface area contributed by atoms with Gasteiger partial charge in [-0.1, -0.05) is 11.2 Å². The number of hydrogen-bond acceptors (Lipinski definition) is 7. The second kappa shape index (κ2) is 8.65. The predicted octanol–water partition coefficient (Wildman–Crippen LogP) is 2.80. The first-order valence-corrected chi connectivity index (χ1v) is 10.1. The first-order valence-electron chi connectivity index (χ1n) is 10.1. The predicted molar refractivity (Wildman–Crippen MR) is 112 cm³/mol. The van der Waals surface area contributed by atoms with Crippen molar-refractivity contribution in [2.45, 2.75) is 46.3 Å². The molecule has 0 unspecified atom stereocenters. The molecular formula is C22H25N5O4. The molecule has 4 heterocycles. The molecule has 3 N–H and O–H groups in total. The van der Waals surface area contributed by atoms with Crippen molar-refractivity contribution in [3.05, 3.63) is 70.6 Å². The van der Waals surface area contributed by atoms with Crippen molar-refractivity contribution in [2.75, 3.05) is 0 Å². The van der Waals surface area contributed by atoms with E-state index in [1.165, 1.54) is 4.57 Å². The van der Waals surface area contributed by atoms with Gasteiger partial charge >= 0.3 is 0 Å². The zero-order valence-electron chi connectivity index (χ0n) is 17.5. The number of aromatic hydroxyl groups is 2. The quantitative estimate of drug-likeness (QED) is 0.398. The van der Waals surface area contributed by atoms with Crippen molar-refractivity contribution in [1.82, 2.24) is 24.5 Å². The molecule has 0 bridgehead atoms. The van der Waals surface area contributed by atoms with E-state index in [4.69, 9.17) is 4.52 Å². The van der Waals surface area contributed by atoms with Gasteiger partial charge in [-0.15, -0.1) is 0 Å². The first-order chi connectivity index (χ1) is 15.0. The lowest BCUT2D eigenvalue weighted by Crippen LogP contribution is -2.02. The van der Waals surface area contributed by atoms with Crippen LogP contribution in [0.5, 0.6) is 11.8 Å². The molecule has 0 atom stereocenters. The Morgan fingerprint density at radius 2 is 1.90 bits per heavy atom. The number of pyridine rings is 1. The van der Waals surface area contributed by atoms with Crippen molar-refractivity contribution in [1.29, 1.82) is 0 Å². The molecule has 162 valence electrons. The average molecular weight is 423 g/mol. The highest BCUT2D eigenvalue weighted by Gasteiger charge is 2.17. The fourth-order valence-corrected chi connectivity index (χ4v) is 3.64. The van der Waals surface area contributed by atoms with Crippen LogP contribution in [0.3, 0.4) is 0 Å². The third-order valence-electron chi connectivity index (χ3n) is 5.32. The lowest BCUT2D eigenvalue weighted by molar-refractivity contribution is 0.276. The van der Waals surface area contributed by atoms with Crippen molar-refractivity contribution in [3.63, 3.8) is 0 Å². The number of aromatic nitrogens is 5. The number of aliphatic hydroxyl groups excluding tert-OH is 1. The maximum Gasteiger partial charge on any atom is 0.202 e. The van der Waals surface area contributed by atoms with Crippen molar-refractivity contribution in [2.24, 2.45) is 0 Å². The summed E-state index contributed by atoms with van der Waals surface area (Å²) in [7, 11) is 0. The monoisotopic (exact) mass is 423 g/mol. The van der Waals surface area contributed by atoms with E-state index in [0.717, 1.165) is 29.1 Å². The fourth-order valence-electron chi connectivity index (χ4n) is 3.64. The summed E-state index contributed by atoms with van der Waals surface area (Å²) in [6.45, 7) is 4.12. The Morgan fingerprint density at radius 3 is 2.65 bits per heavy atom. The molecule has 0 amide bonds. The Morgan fingerprint density at radius 1 is 1.10 bits per heavy atom. The third-order valence-corrected chi connectivity index (χ3v) is 5.32. The van der Waals surface area contributed by atoms with Crippen LogP contribution in [0, 0.1) is 13.8 Å². The minimum atomic E-state index is -0.0880. The van der Waals surface area contributed by atoms with Crippen LogP contribution >= 0.6 is 0 Å². The van der Waals surface area contributed by atoms with E-state index in [-0.39, 0.29) is 18.4 Å². The van der Waals surface area contributed by atoms with Gasteiger partial charge in [0.25, 0.3) is 0 Å². The van der Waals surface area contributed by atoms with Gasteiger partial charge < -0.3 is 19.8 Å². The van der Waals surface area contributed by atoms with Gasteiger partial charge in [0.05, 0.1) is 36.4 Å². The summed E-state index contributed by atoms with van der Waals surface area (Å²) in [5.41, 5.74) is 4.49. The van der Waals surface area contributed by atoms with Gasteiger partial charge in [0.2, 0.25) is 5.88 Å². The summed E-state index contributed by atoms with van der Waals surface area (Å²) >= 11 is 0. The molecule has 0 spiro atoms. The Hall–Kier alpha value is -3.59. The molecule has 31 heavy (non-hydrogen) atoms. The van der Waals surface area contributed by atoms with E-state index in [9.17, 15) is 15.3 Å². The highest BCUT2D eigenvalue weighted by molar-refractivity contribution is 5.45. The molecule has 0 aliphatic rings. The van der Waals surface area contributed by atoms with Gasteiger partial charge in [-0.3, -0.25) is 9.67 Å². The van der Waals surface area contributed by atoms with Crippen molar-refractivity contribution < 1.29 is 19.8 Å². The molecule has 0 saturated carbocycles. The van der Waals surface area contributed by atoms with E-state index in [1.54, 1.807) is 29.2 Å². The standard InChI is InChI=1S/C22H25N5O4/c1-14-20(15(2)31-25-14)12-26-11-19(10-23-26)27-21(29)9-16(22(27)30)5-3-6-17-7-4-8-18(13-28)24-17/h4,7-11,28-30H,3,5-6,12-13H2,1-2H3. The van der Waals surface area contributed by atoms with Gasteiger partial charge in [-0.05, 0) is 45.2 Å². The summed E-state index contributed by atoms with van der Waals surface area (Å²) in [6.07, 6.45) is 5.36.